The van der Waals surface area contributed by atoms with E-state index in [9.17, 15) is 0 Å². The summed E-state index contributed by atoms with van der Waals surface area (Å²) in [6.45, 7) is 10.4. The van der Waals surface area contributed by atoms with Gasteiger partial charge in [-0.25, -0.2) is 0 Å². The maximum absolute atomic E-state index is 3.79. The molecule has 0 fully saturated rings. The average Bonchev–Trinajstić information content (AvgIpc) is 2.42. The van der Waals surface area contributed by atoms with E-state index in [0.717, 1.165) is 0 Å². The molecule has 0 amide bonds. The van der Waals surface area contributed by atoms with E-state index >= 15 is 0 Å². The minimum atomic E-state index is 0.418. The van der Waals surface area contributed by atoms with Crippen molar-refractivity contribution in [2.24, 2.45) is 0 Å². The van der Waals surface area contributed by atoms with Gasteiger partial charge in [0.15, 0.2) is 0 Å². The second-order valence-electron chi connectivity index (χ2n) is 5.74. The highest BCUT2D eigenvalue weighted by atomic mass is 15.0. The first kappa shape index (κ1) is 18.0. The van der Waals surface area contributed by atoms with E-state index in [1.54, 1.807) is 0 Å². The summed E-state index contributed by atoms with van der Waals surface area (Å²) in [7, 11) is 0. The predicted molar refractivity (Wildman–Crippen MR) is 84.2 cm³/mol. The molecule has 0 atom stereocenters. The second-order valence-corrected chi connectivity index (χ2v) is 5.74. The standard InChI is InChI=1S/C17H37N/c1-5-9-10-11-12-13-14-15-16-18-17(6-2,7-3)8-4/h18H,5-16H2,1-4H3. The third kappa shape index (κ3) is 8.13. The maximum Gasteiger partial charge on any atom is 0.0173 e. The van der Waals surface area contributed by atoms with E-state index in [1.165, 1.54) is 77.2 Å². The van der Waals surface area contributed by atoms with Crippen molar-refractivity contribution in [2.45, 2.75) is 104 Å². The van der Waals surface area contributed by atoms with Crippen LogP contribution in [0.4, 0.5) is 0 Å². The van der Waals surface area contributed by atoms with Crippen molar-refractivity contribution in [3.05, 3.63) is 0 Å². The zero-order valence-corrected chi connectivity index (χ0v) is 13.5. The Morgan fingerprint density at radius 1 is 0.611 bits per heavy atom. The molecule has 0 bridgehead atoms. The molecule has 0 heterocycles. The van der Waals surface area contributed by atoms with E-state index in [2.05, 4.69) is 33.0 Å². The molecule has 0 aliphatic heterocycles. The van der Waals surface area contributed by atoms with E-state index in [-0.39, 0.29) is 0 Å². The van der Waals surface area contributed by atoms with Gasteiger partial charge in [0.25, 0.3) is 0 Å². The zero-order valence-electron chi connectivity index (χ0n) is 13.5. The summed E-state index contributed by atoms with van der Waals surface area (Å²) >= 11 is 0. The molecule has 0 saturated carbocycles. The van der Waals surface area contributed by atoms with Crippen LogP contribution >= 0.6 is 0 Å². The van der Waals surface area contributed by atoms with Gasteiger partial charge in [0.1, 0.15) is 0 Å². The molecule has 0 spiro atoms. The van der Waals surface area contributed by atoms with Gasteiger partial charge in [-0.2, -0.15) is 0 Å². The molecule has 1 heteroatoms. The lowest BCUT2D eigenvalue weighted by Gasteiger charge is -2.32. The van der Waals surface area contributed by atoms with E-state index in [1.807, 2.05) is 0 Å². The van der Waals surface area contributed by atoms with E-state index < -0.39 is 0 Å². The number of hydrogen-bond donors (Lipinski definition) is 1. The topological polar surface area (TPSA) is 12.0 Å². The minimum Gasteiger partial charge on any atom is -0.311 e. The summed E-state index contributed by atoms with van der Waals surface area (Å²) in [5, 5.41) is 3.79. The first-order valence-electron chi connectivity index (χ1n) is 8.49. The first-order chi connectivity index (χ1) is 8.74. The molecule has 0 radical (unpaired) electrons. The summed E-state index contributed by atoms with van der Waals surface area (Å²) < 4.78 is 0. The third-order valence-electron chi connectivity index (χ3n) is 4.56. The zero-order chi connectivity index (χ0) is 13.7. The molecule has 0 aromatic carbocycles. The molecule has 0 aromatic rings. The van der Waals surface area contributed by atoms with Gasteiger partial charge in [-0.3, -0.25) is 0 Å². The molecule has 0 aliphatic carbocycles. The fraction of sp³-hybridized carbons (Fsp3) is 1.00. The monoisotopic (exact) mass is 255 g/mol. The summed E-state index contributed by atoms with van der Waals surface area (Å²) in [6, 6.07) is 0. The van der Waals surface area contributed by atoms with Crippen LogP contribution in [0.25, 0.3) is 0 Å². The van der Waals surface area contributed by atoms with E-state index in [4.69, 9.17) is 0 Å². The molecule has 1 N–H and O–H groups in total. The van der Waals surface area contributed by atoms with Crippen LogP contribution in [0.1, 0.15) is 98.3 Å². The lowest BCUT2D eigenvalue weighted by atomic mass is 9.89. The molecular weight excluding hydrogens is 218 g/mol. The molecule has 1 nitrogen and oxygen atoms in total. The van der Waals surface area contributed by atoms with Gasteiger partial charge in [-0.15, -0.1) is 0 Å². The van der Waals surface area contributed by atoms with Crippen LogP contribution in [0.15, 0.2) is 0 Å². The number of nitrogens with one attached hydrogen (secondary N) is 1. The van der Waals surface area contributed by atoms with Crippen molar-refractivity contribution in [3.63, 3.8) is 0 Å². The normalized spacial score (nSPS) is 12.0. The summed E-state index contributed by atoms with van der Waals surface area (Å²) in [5.41, 5.74) is 0.418. The van der Waals surface area contributed by atoms with Gasteiger partial charge in [0, 0.05) is 5.54 Å². The van der Waals surface area contributed by atoms with Crippen LogP contribution in [-0.4, -0.2) is 12.1 Å². The van der Waals surface area contributed by atoms with Crippen molar-refractivity contribution in [2.75, 3.05) is 6.54 Å². The van der Waals surface area contributed by atoms with Gasteiger partial charge >= 0.3 is 0 Å². The Balaban J connectivity index is 3.38. The fourth-order valence-electron chi connectivity index (χ4n) is 2.74. The molecular formula is C17H37N. The minimum absolute atomic E-state index is 0.418. The maximum atomic E-state index is 3.79. The van der Waals surface area contributed by atoms with Gasteiger partial charge in [0.2, 0.25) is 0 Å². The van der Waals surface area contributed by atoms with Crippen molar-refractivity contribution >= 4 is 0 Å². The van der Waals surface area contributed by atoms with Crippen LogP contribution in [0.3, 0.4) is 0 Å². The van der Waals surface area contributed by atoms with E-state index in [0.29, 0.717) is 5.54 Å². The molecule has 0 aliphatic rings. The quantitative estimate of drug-likeness (QED) is 0.417. The van der Waals surface area contributed by atoms with Crippen LogP contribution < -0.4 is 5.32 Å². The average molecular weight is 255 g/mol. The van der Waals surface area contributed by atoms with Gasteiger partial charge in [-0.05, 0) is 32.2 Å². The Labute approximate surface area is 116 Å². The Morgan fingerprint density at radius 2 is 1.06 bits per heavy atom. The van der Waals surface area contributed by atoms with Crippen molar-refractivity contribution in [1.29, 1.82) is 0 Å². The van der Waals surface area contributed by atoms with Gasteiger partial charge in [-0.1, -0.05) is 72.6 Å². The molecule has 0 saturated heterocycles. The number of hydrogen-bond acceptors (Lipinski definition) is 1. The summed E-state index contributed by atoms with van der Waals surface area (Å²) in [5.74, 6) is 0. The lowest BCUT2D eigenvalue weighted by molar-refractivity contribution is 0.288. The number of unbranched alkanes of at least 4 members (excludes halogenated alkanes) is 7. The van der Waals surface area contributed by atoms with Crippen LogP contribution in [-0.2, 0) is 0 Å². The highest BCUT2D eigenvalue weighted by molar-refractivity contribution is 4.83. The highest BCUT2D eigenvalue weighted by Crippen LogP contribution is 2.19. The van der Waals surface area contributed by atoms with Gasteiger partial charge < -0.3 is 5.32 Å². The molecule has 0 aromatic heterocycles. The second kappa shape index (κ2) is 12.0. The van der Waals surface area contributed by atoms with Crippen molar-refractivity contribution in [3.8, 4) is 0 Å². The molecule has 0 rings (SSSR count). The fourth-order valence-corrected chi connectivity index (χ4v) is 2.74. The summed E-state index contributed by atoms with van der Waals surface area (Å²) in [4.78, 5) is 0. The largest absolute Gasteiger partial charge is 0.311 e. The Bertz CT molecular complexity index is 153. The Morgan fingerprint density at radius 3 is 1.50 bits per heavy atom. The van der Waals surface area contributed by atoms with Gasteiger partial charge in [0.05, 0.1) is 0 Å². The smallest absolute Gasteiger partial charge is 0.0173 e. The van der Waals surface area contributed by atoms with Crippen LogP contribution in [0, 0.1) is 0 Å². The van der Waals surface area contributed by atoms with Crippen LogP contribution in [0.5, 0.6) is 0 Å². The summed E-state index contributed by atoms with van der Waals surface area (Å²) in [6.07, 6.45) is 15.1. The highest BCUT2D eigenvalue weighted by Gasteiger charge is 2.21. The van der Waals surface area contributed by atoms with Crippen molar-refractivity contribution in [1.82, 2.24) is 5.32 Å². The Kier molecular flexibility index (Phi) is 12.0. The number of rotatable bonds is 13. The Hall–Kier alpha value is -0.0400. The molecule has 110 valence electrons. The molecule has 18 heavy (non-hydrogen) atoms. The van der Waals surface area contributed by atoms with Crippen LogP contribution in [0.2, 0.25) is 0 Å². The predicted octanol–water partition coefficient (Wildman–Crippen LogP) is 5.69. The SMILES string of the molecule is CCCCCCCCCCNC(CC)(CC)CC. The van der Waals surface area contributed by atoms with Crippen molar-refractivity contribution < 1.29 is 0 Å². The first-order valence-corrected chi connectivity index (χ1v) is 8.49. The molecule has 0 unspecified atom stereocenters. The lowest BCUT2D eigenvalue weighted by Crippen LogP contribution is -2.44. The third-order valence-corrected chi connectivity index (χ3v) is 4.56.